The second-order valence-electron chi connectivity index (χ2n) is 5.78. The summed E-state index contributed by atoms with van der Waals surface area (Å²) in [7, 11) is 0. The van der Waals surface area contributed by atoms with E-state index in [1.54, 1.807) is 17.0 Å². The van der Waals surface area contributed by atoms with E-state index in [9.17, 15) is 18.7 Å². The fourth-order valence-corrected chi connectivity index (χ4v) is 2.59. The molecule has 30 heavy (non-hydrogen) atoms. The third-order valence-corrected chi connectivity index (χ3v) is 4.10. The van der Waals surface area contributed by atoms with Crippen molar-refractivity contribution in [3.8, 4) is 0 Å². The number of rotatable bonds is 13. The molecule has 13 nitrogen and oxygen atoms in total. The molecule has 164 valence electrons. The van der Waals surface area contributed by atoms with Crippen LogP contribution >= 0.6 is 0 Å². The zero-order valence-corrected chi connectivity index (χ0v) is 16.6. The van der Waals surface area contributed by atoms with Gasteiger partial charge in [0, 0.05) is 43.1 Å². The van der Waals surface area contributed by atoms with Gasteiger partial charge in [0.15, 0.2) is 0 Å². The van der Waals surface area contributed by atoms with Gasteiger partial charge in [-0.05, 0) is 24.3 Å². The highest BCUT2D eigenvalue weighted by molar-refractivity contribution is 7.77. The van der Waals surface area contributed by atoms with Gasteiger partial charge in [0.2, 0.25) is 17.8 Å². The summed E-state index contributed by atoms with van der Waals surface area (Å²) in [4.78, 5) is 25.3. The number of anilines is 4. The lowest BCUT2D eigenvalue weighted by Crippen LogP contribution is -2.36. The van der Waals surface area contributed by atoms with E-state index >= 15 is 0 Å². The van der Waals surface area contributed by atoms with Crippen molar-refractivity contribution in [1.82, 2.24) is 19.7 Å². The van der Waals surface area contributed by atoms with E-state index < -0.39 is 17.2 Å². The van der Waals surface area contributed by atoms with E-state index in [1.165, 1.54) is 12.1 Å². The maximum absolute atomic E-state index is 11.0. The van der Waals surface area contributed by atoms with Crippen LogP contribution in [0.2, 0.25) is 0 Å². The number of benzene rings is 1. The highest BCUT2D eigenvalue weighted by Gasteiger charge is 2.14. The van der Waals surface area contributed by atoms with Crippen LogP contribution in [0.3, 0.4) is 0 Å². The Morgan fingerprint density at radius 1 is 1.03 bits per heavy atom. The Bertz CT molecular complexity index is 854. The van der Waals surface area contributed by atoms with Gasteiger partial charge in [-0.3, -0.25) is 4.21 Å². The number of carboxylic acid groups (broad SMARTS) is 1. The fraction of sp³-hybridized carbons (Fsp3) is 0.375. The maximum atomic E-state index is 11.0. The first-order valence-corrected chi connectivity index (χ1v) is 9.90. The highest BCUT2D eigenvalue weighted by Crippen LogP contribution is 2.18. The van der Waals surface area contributed by atoms with E-state index in [0.29, 0.717) is 5.69 Å². The van der Waals surface area contributed by atoms with Crippen LogP contribution in [0.15, 0.2) is 24.3 Å². The lowest BCUT2D eigenvalue weighted by molar-refractivity contribution is 0.0697. The highest BCUT2D eigenvalue weighted by atomic mass is 32.2. The smallest absolute Gasteiger partial charge is 0.335 e. The number of aromatic carboxylic acids is 1. The van der Waals surface area contributed by atoms with Crippen molar-refractivity contribution in [1.29, 1.82) is 0 Å². The molecule has 0 bridgehead atoms. The molecule has 0 amide bonds. The normalized spacial score (nSPS) is 11.7. The molecule has 0 radical (unpaired) electrons. The number of aliphatic hydroxyl groups is 2. The van der Waals surface area contributed by atoms with Gasteiger partial charge in [0.1, 0.15) is 0 Å². The third-order valence-electron chi connectivity index (χ3n) is 3.66. The molecule has 0 spiro atoms. The van der Waals surface area contributed by atoms with Crippen LogP contribution < -0.4 is 20.3 Å². The molecule has 0 aliphatic heterocycles. The van der Waals surface area contributed by atoms with Gasteiger partial charge in [-0.2, -0.15) is 15.0 Å². The Morgan fingerprint density at radius 3 is 2.33 bits per heavy atom. The van der Waals surface area contributed by atoms with Crippen molar-refractivity contribution in [2.45, 2.75) is 0 Å². The Kier molecular flexibility index (Phi) is 9.30. The van der Waals surface area contributed by atoms with Crippen LogP contribution in [-0.4, -0.2) is 84.4 Å². The molecular formula is C16H22N7O6S-. The lowest BCUT2D eigenvalue weighted by atomic mass is 10.2. The molecule has 6 N–H and O–H groups in total. The summed E-state index contributed by atoms with van der Waals surface area (Å²) >= 11 is -2.42. The summed E-state index contributed by atoms with van der Waals surface area (Å²) < 4.78 is 23.6. The summed E-state index contributed by atoms with van der Waals surface area (Å²) in [5.74, 6) is -0.594. The van der Waals surface area contributed by atoms with E-state index in [0.717, 1.165) is 0 Å². The first-order chi connectivity index (χ1) is 14.4. The van der Waals surface area contributed by atoms with E-state index in [1.807, 2.05) is 0 Å². The average molecular weight is 440 g/mol. The van der Waals surface area contributed by atoms with Gasteiger partial charge in [-0.25, -0.2) is 9.52 Å². The summed E-state index contributed by atoms with van der Waals surface area (Å²) in [6.07, 6.45) is 0. The van der Waals surface area contributed by atoms with Gasteiger partial charge in [0.05, 0.1) is 18.8 Å². The van der Waals surface area contributed by atoms with Crippen molar-refractivity contribution in [2.24, 2.45) is 0 Å². The van der Waals surface area contributed by atoms with Crippen molar-refractivity contribution in [2.75, 3.05) is 54.9 Å². The van der Waals surface area contributed by atoms with E-state index in [-0.39, 0.29) is 62.8 Å². The van der Waals surface area contributed by atoms with Crippen LogP contribution in [0.4, 0.5) is 23.5 Å². The largest absolute Gasteiger partial charge is 0.760 e. The number of hydrogen-bond donors (Lipinski definition) is 6. The Hall–Kier alpha value is -2.91. The van der Waals surface area contributed by atoms with Crippen LogP contribution in [0.25, 0.3) is 0 Å². The van der Waals surface area contributed by atoms with Crippen molar-refractivity contribution in [3.63, 3.8) is 0 Å². The Labute approximate surface area is 174 Å². The molecule has 14 heteroatoms. The van der Waals surface area contributed by atoms with Crippen molar-refractivity contribution in [3.05, 3.63) is 29.8 Å². The van der Waals surface area contributed by atoms with Crippen molar-refractivity contribution >= 4 is 40.8 Å². The number of carboxylic acids is 1. The first kappa shape index (κ1) is 23.4. The first-order valence-electron chi connectivity index (χ1n) is 8.82. The quantitative estimate of drug-likeness (QED) is 0.206. The fourth-order valence-electron chi connectivity index (χ4n) is 2.33. The standard InChI is InChI=1S/C16H23N7O6S/c24-9-6-17-14-20-15(19-12-3-1-11(2-4-12)13(26)27)22-16(21-14)23(8-10-25)7-5-18-30(28)29/h1-4,18,24-25H,5-10H2,(H,26,27)(H,28,29)(H2,17,19,20,21,22)/p-1. The molecule has 0 aliphatic rings. The average Bonchev–Trinajstić information content (AvgIpc) is 2.71. The minimum absolute atomic E-state index is 0.0700. The second-order valence-corrected chi connectivity index (χ2v) is 6.54. The predicted octanol–water partition coefficient (Wildman–Crippen LogP) is -1.10. The monoisotopic (exact) mass is 440 g/mol. The molecule has 1 heterocycles. The molecule has 0 saturated heterocycles. The van der Waals surface area contributed by atoms with Crippen LogP contribution in [0.5, 0.6) is 0 Å². The topological polar surface area (TPSA) is 196 Å². The molecule has 0 saturated carbocycles. The second kappa shape index (κ2) is 11.9. The molecule has 1 unspecified atom stereocenters. The molecule has 0 fully saturated rings. The molecule has 2 rings (SSSR count). The Morgan fingerprint density at radius 2 is 1.73 bits per heavy atom. The zero-order valence-electron chi connectivity index (χ0n) is 15.8. The number of hydrogen-bond acceptors (Lipinski definition) is 11. The van der Waals surface area contributed by atoms with E-state index in [4.69, 9.17) is 10.2 Å². The Balaban J connectivity index is 2.27. The van der Waals surface area contributed by atoms with E-state index in [2.05, 4.69) is 30.3 Å². The van der Waals surface area contributed by atoms with Crippen molar-refractivity contribution < 1.29 is 28.9 Å². The molecule has 1 aromatic heterocycles. The van der Waals surface area contributed by atoms with Crippen LogP contribution in [-0.2, 0) is 11.3 Å². The molecule has 2 aromatic rings. The summed E-state index contributed by atoms with van der Waals surface area (Å²) in [5.41, 5.74) is 0.655. The van der Waals surface area contributed by atoms with Gasteiger partial charge >= 0.3 is 5.97 Å². The number of carbonyl (C=O) groups is 1. The van der Waals surface area contributed by atoms with Gasteiger partial charge in [-0.15, -0.1) is 0 Å². The predicted molar refractivity (Wildman–Crippen MR) is 108 cm³/mol. The molecule has 1 aromatic carbocycles. The molecule has 0 aliphatic carbocycles. The van der Waals surface area contributed by atoms with Gasteiger partial charge < -0.3 is 35.4 Å². The number of aliphatic hydroxyl groups excluding tert-OH is 2. The SMILES string of the molecule is O=C(O)c1ccc(Nc2nc(NCCO)nc(N(CCO)CCNS(=O)[O-])n2)cc1. The minimum atomic E-state index is -2.42. The third kappa shape index (κ3) is 7.49. The number of nitrogens with zero attached hydrogens (tertiary/aromatic N) is 4. The van der Waals surface area contributed by atoms with Gasteiger partial charge in [0.25, 0.3) is 0 Å². The maximum Gasteiger partial charge on any atom is 0.335 e. The summed E-state index contributed by atoms with van der Waals surface area (Å²) in [6, 6.07) is 5.94. The number of nitrogens with one attached hydrogen (secondary N) is 3. The summed E-state index contributed by atoms with van der Waals surface area (Å²) in [5, 5.41) is 33.1. The zero-order chi connectivity index (χ0) is 21.9. The van der Waals surface area contributed by atoms with Crippen LogP contribution in [0.1, 0.15) is 10.4 Å². The van der Waals surface area contributed by atoms with Crippen LogP contribution in [0, 0.1) is 0 Å². The summed E-state index contributed by atoms with van der Waals surface area (Å²) in [6.45, 7) is 0.215. The molecule has 1 atom stereocenters. The number of aromatic nitrogens is 3. The minimum Gasteiger partial charge on any atom is -0.760 e. The van der Waals surface area contributed by atoms with Gasteiger partial charge in [-0.1, -0.05) is 0 Å². The molecular weight excluding hydrogens is 418 g/mol. The lowest BCUT2D eigenvalue weighted by Gasteiger charge is -2.23.